The van der Waals surface area contributed by atoms with Gasteiger partial charge >= 0.3 is 5.69 Å². The fourth-order valence-electron chi connectivity index (χ4n) is 2.77. The Morgan fingerprint density at radius 1 is 1.23 bits per heavy atom. The van der Waals surface area contributed by atoms with Gasteiger partial charge in [-0.1, -0.05) is 18.2 Å². The van der Waals surface area contributed by atoms with E-state index in [1.54, 1.807) is 25.1 Å². The number of halogens is 1. The molecule has 9 heteroatoms. The number of imidazole rings is 1. The maximum Gasteiger partial charge on any atom is 0.332 e. The molecule has 2 heterocycles. The first-order valence-corrected chi connectivity index (χ1v) is 8.12. The monoisotopic (exact) mass is 361 g/mol. The van der Waals surface area contributed by atoms with Gasteiger partial charge in [-0.2, -0.15) is 4.98 Å². The number of rotatable bonds is 5. The summed E-state index contributed by atoms with van der Waals surface area (Å²) in [6, 6.07) is 6.24. The summed E-state index contributed by atoms with van der Waals surface area (Å²) in [4.78, 5) is 29.2. The topological polar surface area (TPSA) is 94.1 Å². The van der Waals surface area contributed by atoms with Crippen molar-refractivity contribution < 1.29 is 9.50 Å². The second-order valence-corrected chi connectivity index (χ2v) is 6.22. The molecular weight excluding hydrogens is 341 g/mol. The standard InChI is InChI=1S/C17H20FN5O3/c1-10(24)8-19-16-20-14-13(15(25)22(3)17(26)21(14)2)23(16)9-11-6-4-5-7-12(11)18/h4-7,10,24H,8-9H2,1-3H3,(H,19,20)/t10-/m0/s1. The molecule has 0 saturated heterocycles. The lowest BCUT2D eigenvalue weighted by Crippen LogP contribution is -2.37. The first-order valence-electron chi connectivity index (χ1n) is 8.12. The number of anilines is 1. The first-order chi connectivity index (χ1) is 12.3. The molecule has 0 amide bonds. The Balaban J connectivity index is 2.26. The van der Waals surface area contributed by atoms with Crippen LogP contribution in [-0.2, 0) is 20.6 Å². The molecule has 1 atom stereocenters. The van der Waals surface area contributed by atoms with E-state index < -0.39 is 23.2 Å². The zero-order valence-corrected chi connectivity index (χ0v) is 14.7. The molecule has 3 rings (SSSR count). The highest BCUT2D eigenvalue weighted by Crippen LogP contribution is 2.19. The third-order valence-electron chi connectivity index (χ3n) is 4.19. The van der Waals surface area contributed by atoms with Gasteiger partial charge in [0, 0.05) is 26.2 Å². The lowest BCUT2D eigenvalue weighted by molar-refractivity contribution is 0.208. The molecule has 0 fully saturated rings. The summed E-state index contributed by atoms with van der Waals surface area (Å²) < 4.78 is 17.9. The van der Waals surface area contributed by atoms with Crippen LogP contribution in [-0.4, -0.2) is 36.4 Å². The third-order valence-corrected chi connectivity index (χ3v) is 4.19. The summed E-state index contributed by atoms with van der Waals surface area (Å²) in [5, 5.41) is 12.5. The molecule has 0 spiro atoms. The van der Waals surface area contributed by atoms with E-state index in [0.717, 1.165) is 4.57 Å². The van der Waals surface area contributed by atoms with E-state index in [4.69, 9.17) is 0 Å². The van der Waals surface area contributed by atoms with Crippen molar-refractivity contribution in [2.45, 2.75) is 19.6 Å². The first kappa shape index (κ1) is 17.9. The fraction of sp³-hybridized carbons (Fsp3) is 0.353. The van der Waals surface area contributed by atoms with Crippen molar-refractivity contribution in [3.63, 3.8) is 0 Å². The van der Waals surface area contributed by atoms with Crippen molar-refractivity contribution in [3.05, 3.63) is 56.5 Å². The van der Waals surface area contributed by atoms with Crippen molar-refractivity contribution in [1.82, 2.24) is 18.7 Å². The molecule has 0 radical (unpaired) electrons. The van der Waals surface area contributed by atoms with E-state index in [1.165, 1.54) is 29.3 Å². The molecule has 0 bridgehead atoms. The molecule has 3 aromatic rings. The van der Waals surface area contributed by atoms with Crippen LogP contribution in [0.1, 0.15) is 12.5 Å². The molecule has 0 aliphatic heterocycles. The minimum absolute atomic E-state index is 0.0543. The van der Waals surface area contributed by atoms with Crippen LogP contribution in [0.25, 0.3) is 11.2 Å². The number of hydrogen-bond acceptors (Lipinski definition) is 5. The summed E-state index contributed by atoms with van der Waals surface area (Å²) in [6.45, 7) is 1.85. The van der Waals surface area contributed by atoms with Crippen LogP contribution in [0.2, 0.25) is 0 Å². The second kappa shape index (κ2) is 6.75. The van der Waals surface area contributed by atoms with Crippen LogP contribution in [0.15, 0.2) is 33.9 Å². The summed E-state index contributed by atoms with van der Waals surface area (Å²) in [6.07, 6.45) is -0.650. The van der Waals surface area contributed by atoms with Crippen LogP contribution in [0.3, 0.4) is 0 Å². The van der Waals surface area contributed by atoms with Crippen LogP contribution in [0.5, 0.6) is 0 Å². The van der Waals surface area contributed by atoms with Crippen LogP contribution in [0.4, 0.5) is 10.3 Å². The van der Waals surface area contributed by atoms with Gasteiger partial charge in [-0.25, -0.2) is 9.18 Å². The minimum Gasteiger partial charge on any atom is -0.392 e. The zero-order valence-electron chi connectivity index (χ0n) is 14.7. The lowest BCUT2D eigenvalue weighted by atomic mass is 10.2. The zero-order chi connectivity index (χ0) is 19.0. The fourth-order valence-corrected chi connectivity index (χ4v) is 2.77. The summed E-state index contributed by atoms with van der Waals surface area (Å²) in [5.74, 6) is -0.125. The number of aromatic nitrogens is 4. The summed E-state index contributed by atoms with van der Waals surface area (Å²) in [5.41, 5.74) is -0.256. The van der Waals surface area contributed by atoms with Gasteiger partial charge in [0.1, 0.15) is 5.82 Å². The Bertz CT molecular complexity index is 1080. The number of hydrogen-bond donors (Lipinski definition) is 2. The van der Waals surface area contributed by atoms with E-state index in [2.05, 4.69) is 10.3 Å². The molecular formula is C17H20FN5O3. The van der Waals surface area contributed by atoms with Crippen molar-refractivity contribution in [3.8, 4) is 0 Å². The van der Waals surface area contributed by atoms with Crippen molar-refractivity contribution >= 4 is 17.1 Å². The molecule has 0 aliphatic carbocycles. The highest BCUT2D eigenvalue weighted by Gasteiger charge is 2.20. The van der Waals surface area contributed by atoms with Crippen LogP contribution in [0, 0.1) is 5.82 Å². The van der Waals surface area contributed by atoms with Gasteiger partial charge in [0.25, 0.3) is 5.56 Å². The predicted octanol–water partition coefficient (Wildman–Crippen LogP) is 0.414. The minimum atomic E-state index is -0.650. The van der Waals surface area contributed by atoms with Crippen LogP contribution >= 0.6 is 0 Å². The van der Waals surface area contributed by atoms with E-state index >= 15 is 0 Å². The van der Waals surface area contributed by atoms with Crippen molar-refractivity contribution in [2.75, 3.05) is 11.9 Å². The van der Waals surface area contributed by atoms with Gasteiger partial charge in [0.05, 0.1) is 12.6 Å². The average molecular weight is 361 g/mol. The Morgan fingerprint density at radius 2 is 1.92 bits per heavy atom. The van der Waals surface area contributed by atoms with Gasteiger partial charge in [-0.3, -0.25) is 18.5 Å². The molecule has 26 heavy (non-hydrogen) atoms. The van der Waals surface area contributed by atoms with Gasteiger partial charge in [0.2, 0.25) is 5.95 Å². The molecule has 0 unspecified atom stereocenters. The highest BCUT2D eigenvalue weighted by atomic mass is 19.1. The molecule has 138 valence electrons. The lowest BCUT2D eigenvalue weighted by Gasteiger charge is -2.12. The Labute approximate surface area is 148 Å². The largest absolute Gasteiger partial charge is 0.392 e. The molecule has 0 aliphatic rings. The SMILES string of the molecule is C[C@H](O)CNc1nc2c(c(=O)n(C)c(=O)n2C)n1Cc1ccccc1F. The number of benzene rings is 1. The molecule has 2 aromatic heterocycles. The van der Waals surface area contributed by atoms with E-state index in [0.29, 0.717) is 5.56 Å². The number of fused-ring (bicyclic) bond motifs is 1. The number of aliphatic hydroxyl groups is 1. The normalized spacial score (nSPS) is 12.5. The van der Waals surface area contributed by atoms with E-state index in [9.17, 15) is 19.1 Å². The third kappa shape index (κ3) is 3.01. The molecule has 8 nitrogen and oxygen atoms in total. The molecule has 1 aromatic carbocycles. The number of aryl methyl sites for hydroxylation is 1. The smallest absolute Gasteiger partial charge is 0.332 e. The molecule has 2 N–H and O–H groups in total. The predicted molar refractivity (Wildman–Crippen MR) is 95.9 cm³/mol. The highest BCUT2D eigenvalue weighted by molar-refractivity contribution is 5.74. The Kier molecular flexibility index (Phi) is 4.64. The molecule has 0 saturated carbocycles. The summed E-state index contributed by atoms with van der Waals surface area (Å²) >= 11 is 0. The van der Waals surface area contributed by atoms with Crippen LogP contribution < -0.4 is 16.6 Å². The van der Waals surface area contributed by atoms with Gasteiger partial charge in [0.15, 0.2) is 11.2 Å². The number of aliphatic hydroxyl groups excluding tert-OH is 1. The second-order valence-electron chi connectivity index (χ2n) is 6.22. The van der Waals surface area contributed by atoms with Crippen molar-refractivity contribution in [2.24, 2.45) is 14.1 Å². The Hall–Kier alpha value is -2.94. The van der Waals surface area contributed by atoms with E-state index in [-0.39, 0.29) is 30.2 Å². The van der Waals surface area contributed by atoms with E-state index in [1.807, 2.05) is 0 Å². The average Bonchev–Trinajstić information content (AvgIpc) is 2.97. The Morgan fingerprint density at radius 3 is 2.58 bits per heavy atom. The maximum absolute atomic E-state index is 14.1. The quantitative estimate of drug-likeness (QED) is 0.687. The van der Waals surface area contributed by atoms with Crippen molar-refractivity contribution in [1.29, 1.82) is 0 Å². The van der Waals surface area contributed by atoms with Gasteiger partial charge in [-0.05, 0) is 13.0 Å². The number of nitrogens with one attached hydrogen (secondary N) is 1. The maximum atomic E-state index is 14.1. The van der Waals surface area contributed by atoms with Gasteiger partial charge in [-0.15, -0.1) is 0 Å². The number of nitrogens with zero attached hydrogens (tertiary/aromatic N) is 4. The summed E-state index contributed by atoms with van der Waals surface area (Å²) in [7, 11) is 2.90. The van der Waals surface area contributed by atoms with Gasteiger partial charge < -0.3 is 10.4 Å².